The SMILES string of the molecule is C=C(C)c1cccc(F)c1CC.CC.CCCC1CC(c2ccccc2)CC(CCC)(CCC)C1. The molecule has 3 rings (SSSR count). The zero-order valence-corrected chi connectivity index (χ0v) is 23.9. The summed E-state index contributed by atoms with van der Waals surface area (Å²) in [6, 6.07) is 16.4. The van der Waals surface area contributed by atoms with Crippen molar-refractivity contribution in [2.75, 3.05) is 0 Å². The van der Waals surface area contributed by atoms with E-state index in [4.69, 9.17) is 0 Å². The minimum atomic E-state index is -0.127. The molecule has 2 aromatic rings. The van der Waals surface area contributed by atoms with Gasteiger partial charge in [-0.3, -0.25) is 0 Å². The first-order valence-electron chi connectivity index (χ1n) is 14.4. The second kappa shape index (κ2) is 16.7. The van der Waals surface area contributed by atoms with Gasteiger partial charge in [-0.2, -0.15) is 0 Å². The summed E-state index contributed by atoms with van der Waals surface area (Å²) in [6.45, 7) is 18.8. The third kappa shape index (κ3) is 9.59. The van der Waals surface area contributed by atoms with Gasteiger partial charge in [0.1, 0.15) is 5.82 Å². The summed E-state index contributed by atoms with van der Waals surface area (Å²) in [7, 11) is 0. The van der Waals surface area contributed by atoms with Gasteiger partial charge in [0.15, 0.2) is 0 Å². The van der Waals surface area contributed by atoms with Gasteiger partial charge in [0.25, 0.3) is 0 Å². The molecule has 2 aromatic carbocycles. The molecule has 0 nitrogen and oxygen atoms in total. The summed E-state index contributed by atoms with van der Waals surface area (Å²) in [4.78, 5) is 0. The van der Waals surface area contributed by atoms with Crippen molar-refractivity contribution in [3.05, 3.63) is 77.6 Å². The summed E-state index contributed by atoms with van der Waals surface area (Å²) in [5.74, 6) is 1.62. The number of rotatable bonds is 9. The number of hydrogen-bond donors (Lipinski definition) is 0. The van der Waals surface area contributed by atoms with E-state index in [1.54, 1.807) is 11.6 Å². The minimum absolute atomic E-state index is 0.127. The van der Waals surface area contributed by atoms with E-state index < -0.39 is 0 Å². The van der Waals surface area contributed by atoms with E-state index in [1.807, 2.05) is 33.8 Å². The molecule has 1 aliphatic rings. The molecule has 1 heteroatoms. The predicted octanol–water partition coefficient (Wildman–Crippen LogP) is 11.4. The maximum atomic E-state index is 13.2. The van der Waals surface area contributed by atoms with Gasteiger partial charge < -0.3 is 0 Å². The molecule has 35 heavy (non-hydrogen) atoms. The van der Waals surface area contributed by atoms with Crippen LogP contribution in [0.2, 0.25) is 0 Å². The van der Waals surface area contributed by atoms with Gasteiger partial charge in [0.2, 0.25) is 0 Å². The van der Waals surface area contributed by atoms with Crippen LogP contribution in [0.3, 0.4) is 0 Å². The van der Waals surface area contributed by atoms with Gasteiger partial charge >= 0.3 is 0 Å². The standard InChI is InChI=1S/C21H34.C11H13F.C2H6/c1-4-10-18-15-20(19-11-8-7-9-12-19)17-21(16-18,13-5-2)14-6-3;1-4-9-10(8(2)3)6-5-7-11(9)12;1-2/h7-9,11-12,18,20H,4-6,10,13-17H2,1-3H3;5-7H,2,4H2,1,3H3;1-2H3. The molecular formula is C34H53F. The van der Waals surface area contributed by atoms with E-state index in [2.05, 4.69) is 57.7 Å². The maximum absolute atomic E-state index is 13.2. The first-order valence-corrected chi connectivity index (χ1v) is 14.4. The highest BCUT2D eigenvalue weighted by atomic mass is 19.1. The first-order chi connectivity index (χ1) is 16.9. The van der Waals surface area contributed by atoms with Crippen LogP contribution < -0.4 is 0 Å². The predicted molar refractivity (Wildman–Crippen MR) is 156 cm³/mol. The second-order valence-electron chi connectivity index (χ2n) is 10.3. The van der Waals surface area contributed by atoms with E-state index >= 15 is 0 Å². The first kappa shape index (κ1) is 31.1. The Hall–Kier alpha value is -1.89. The van der Waals surface area contributed by atoms with Crippen LogP contribution in [-0.4, -0.2) is 0 Å². The fourth-order valence-corrected chi connectivity index (χ4v) is 6.31. The van der Waals surface area contributed by atoms with Gasteiger partial charge in [-0.15, -0.1) is 0 Å². The quantitative estimate of drug-likeness (QED) is 0.335. The molecule has 0 aliphatic heterocycles. The summed E-state index contributed by atoms with van der Waals surface area (Å²) in [5, 5.41) is 0. The lowest BCUT2D eigenvalue weighted by Crippen LogP contribution is -2.32. The fraction of sp³-hybridized carbons (Fsp3) is 0.588. The van der Waals surface area contributed by atoms with E-state index in [0.29, 0.717) is 5.41 Å². The Labute approximate surface area is 217 Å². The normalized spacial score (nSPS) is 18.5. The average Bonchev–Trinajstić information content (AvgIpc) is 2.86. The van der Waals surface area contributed by atoms with Crippen LogP contribution in [-0.2, 0) is 6.42 Å². The Kier molecular flexibility index (Phi) is 14.9. The van der Waals surface area contributed by atoms with Crippen LogP contribution in [0.5, 0.6) is 0 Å². The molecule has 1 saturated carbocycles. The van der Waals surface area contributed by atoms with Crippen LogP contribution >= 0.6 is 0 Å². The Morgan fingerprint density at radius 3 is 2.00 bits per heavy atom. The summed E-state index contributed by atoms with van der Waals surface area (Å²) >= 11 is 0. The van der Waals surface area contributed by atoms with Crippen LogP contribution in [0.15, 0.2) is 55.1 Å². The maximum Gasteiger partial charge on any atom is 0.126 e. The van der Waals surface area contributed by atoms with Gasteiger partial charge in [-0.05, 0) is 85.5 Å². The molecule has 0 spiro atoms. The molecule has 0 N–H and O–H groups in total. The molecule has 0 heterocycles. The fourth-order valence-electron chi connectivity index (χ4n) is 6.31. The van der Waals surface area contributed by atoms with Crippen molar-refractivity contribution < 1.29 is 4.39 Å². The Morgan fingerprint density at radius 2 is 1.51 bits per heavy atom. The van der Waals surface area contributed by atoms with Crippen molar-refractivity contribution in [3.63, 3.8) is 0 Å². The van der Waals surface area contributed by atoms with Crippen molar-refractivity contribution in [3.8, 4) is 0 Å². The molecule has 1 fully saturated rings. The topological polar surface area (TPSA) is 0 Å². The minimum Gasteiger partial charge on any atom is -0.207 e. The summed E-state index contributed by atoms with van der Waals surface area (Å²) in [5.41, 5.74) is 4.85. The molecular weight excluding hydrogens is 427 g/mol. The Bertz CT molecular complexity index is 829. The average molecular weight is 481 g/mol. The van der Waals surface area contributed by atoms with Crippen LogP contribution in [0, 0.1) is 17.2 Å². The highest BCUT2D eigenvalue weighted by molar-refractivity contribution is 5.64. The Morgan fingerprint density at radius 1 is 0.886 bits per heavy atom. The highest BCUT2D eigenvalue weighted by Gasteiger charge is 2.39. The number of benzene rings is 2. The van der Waals surface area contributed by atoms with Crippen molar-refractivity contribution in [2.45, 2.75) is 119 Å². The molecule has 0 amide bonds. The lowest BCUT2D eigenvalue weighted by atomic mass is 9.60. The second-order valence-corrected chi connectivity index (χ2v) is 10.3. The third-order valence-corrected chi connectivity index (χ3v) is 7.48. The van der Waals surface area contributed by atoms with Crippen molar-refractivity contribution in [2.24, 2.45) is 11.3 Å². The molecule has 1 aliphatic carbocycles. The number of allylic oxidation sites excluding steroid dienone is 1. The third-order valence-electron chi connectivity index (χ3n) is 7.48. The van der Waals surface area contributed by atoms with Gasteiger partial charge in [-0.1, -0.05) is 122 Å². The monoisotopic (exact) mass is 480 g/mol. The van der Waals surface area contributed by atoms with Gasteiger partial charge in [0, 0.05) is 0 Å². The van der Waals surface area contributed by atoms with E-state index in [0.717, 1.165) is 35.0 Å². The van der Waals surface area contributed by atoms with Gasteiger partial charge in [0.05, 0.1) is 0 Å². The zero-order chi connectivity index (χ0) is 26.3. The van der Waals surface area contributed by atoms with Crippen LogP contribution in [0.1, 0.15) is 129 Å². The molecule has 0 bridgehead atoms. The highest BCUT2D eigenvalue weighted by Crippen LogP contribution is 2.52. The largest absolute Gasteiger partial charge is 0.207 e. The molecule has 0 aromatic heterocycles. The molecule has 0 saturated heterocycles. The van der Waals surface area contributed by atoms with Crippen LogP contribution in [0.4, 0.5) is 4.39 Å². The molecule has 2 unspecified atom stereocenters. The molecule has 196 valence electrons. The molecule has 0 radical (unpaired) electrons. The Balaban J connectivity index is 0.000000372. The zero-order valence-electron chi connectivity index (χ0n) is 23.9. The lowest BCUT2D eigenvalue weighted by molar-refractivity contribution is 0.0904. The van der Waals surface area contributed by atoms with Crippen molar-refractivity contribution in [1.82, 2.24) is 0 Å². The van der Waals surface area contributed by atoms with Crippen molar-refractivity contribution >= 4 is 5.57 Å². The van der Waals surface area contributed by atoms with Gasteiger partial charge in [-0.25, -0.2) is 4.39 Å². The van der Waals surface area contributed by atoms with Crippen molar-refractivity contribution in [1.29, 1.82) is 0 Å². The van der Waals surface area contributed by atoms with E-state index in [9.17, 15) is 4.39 Å². The summed E-state index contributed by atoms with van der Waals surface area (Å²) < 4.78 is 13.2. The van der Waals surface area contributed by atoms with E-state index in [-0.39, 0.29) is 5.82 Å². The van der Waals surface area contributed by atoms with E-state index in [1.165, 1.54) is 63.9 Å². The van der Waals surface area contributed by atoms with Crippen LogP contribution in [0.25, 0.3) is 5.57 Å². The lowest BCUT2D eigenvalue weighted by Gasteiger charge is -2.45. The molecule has 2 atom stereocenters. The smallest absolute Gasteiger partial charge is 0.126 e. The summed E-state index contributed by atoms with van der Waals surface area (Å²) in [6.07, 6.45) is 13.4. The number of hydrogen-bond acceptors (Lipinski definition) is 0. The number of halogens is 1.